The molecule has 4 unspecified atom stereocenters. The lowest BCUT2D eigenvalue weighted by Gasteiger charge is -2.37. The number of halogens is 4. The average molecular weight is 615 g/mol. The van der Waals surface area contributed by atoms with Crippen molar-refractivity contribution in [2.24, 2.45) is 5.41 Å². The van der Waals surface area contributed by atoms with Gasteiger partial charge in [0, 0.05) is 29.1 Å². The van der Waals surface area contributed by atoms with Gasteiger partial charge in [0.25, 0.3) is 0 Å². The van der Waals surface area contributed by atoms with Crippen molar-refractivity contribution in [1.29, 1.82) is 5.26 Å². The number of amides is 1. The first-order chi connectivity index (χ1) is 19.8. The lowest BCUT2D eigenvalue weighted by Crippen LogP contribution is -2.45. The van der Waals surface area contributed by atoms with Crippen LogP contribution in [0.15, 0.2) is 60.7 Å². The van der Waals surface area contributed by atoms with Gasteiger partial charge in [-0.1, -0.05) is 74.3 Å². The van der Waals surface area contributed by atoms with Crippen LogP contribution in [0.1, 0.15) is 60.2 Å². The third kappa shape index (κ3) is 6.14. The molecular weight excluding hydrogens is 583 g/mol. The molecule has 1 aliphatic heterocycles. The summed E-state index contributed by atoms with van der Waals surface area (Å²) in [7, 11) is 1.27. The minimum absolute atomic E-state index is 0.00149. The number of ether oxygens (including phenoxy) is 1. The van der Waals surface area contributed by atoms with Gasteiger partial charge < -0.3 is 15.4 Å². The van der Waals surface area contributed by atoms with Gasteiger partial charge in [0.05, 0.1) is 29.8 Å². The van der Waals surface area contributed by atoms with Crippen LogP contribution < -0.4 is 10.6 Å². The van der Waals surface area contributed by atoms with E-state index in [1.807, 2.05) is 20.8 Å². The summed E-state index contributed by atoms with van der Waals surface area (Å²) in [5.41, 5.74) is -1.14. The SMILES string of the molecule is COC(=O)c1cccc(CNC(=O)C2NC(CC(C)(C)C)C(C#N)(c3ccc(Cl)cc3F)C2c2cccc(Cl)c2F)c1. The second-order valence-corrected chi connectivity index (χ2v) is 12.4. The van der Waals surface area contributed by atoms with Crippen molar-refractivity contribution in [1.82, 2.24) is 10.6 Å². The molecular formula is C32H31Cl2F2N3O3. The first-order valence-electron chi connectivity index (χ1n) is 13.3. The van der Waals surface area contributed by atoms with E-state index in [0.29, 0.717) is 17.5 Å². The summed E-state index contributed by atoms with van der Waals surface area (Å²) in [6.45, 7) is 5.93. The molecule has 4 rings (SSSR count). The van der Waals surface area contributed by atoms with E-state index in [1.54, 1.807) is 24.3 Å². The average Bonchev–Trinajstić information content (AvgIpc) is 3.25. The van der Waals surface area contributed by atoms with Crippen LogP contribution in [0.4, 0.5) is 8.78 Å². The Morgan fingerprint density at radius 3 is 2.45 bits per heavy atom. The largest absolute Gasteiger partial charge is 0.465 e. The van der Waals surface area contributed by atoms with Gasteiger partial charge in [0.1, 0.15) is 17.0 Å². The number of carbonyl (C=O) groups excluding carboxylic acids is 2. The molecule has 1 fully saturated rings. The molecule has 0 radical (unpaired) electrons. The monoisotopic (exact) mass is 613 g/mol. The van der Waals surface area contributed by atoms with Gasteiger partial charge in [-0.3, -0.25) is 4.79 Å². The van der Waals surface area contributed by atoms with Crippen LogP contribution in [-0.4, -0.2) is 31.1 Å². The number of carbonyl (C=O) groups is 2. The topological polar surface area (TPSA) is 91.2 Å². The van der Waals surface area contributed by atoms with Crippen molar-refractivity contribution in [2.45, 2.75) is 57.2 Å². The number of nitrogens with zero attached hydrogens (tertiary/aromatic N) is 1. The van der Waals surface area contributed by atoms with Crippen LogP contribution in [-0.2, 0) is 21.5 Å². The zero-order valence-corrected chi connectivity index (χ0v) is 25.1. The Hall–Kier alpha value is -3.51. The highest BCUT2D eigenvalue weighted by molar-refractivity contribution is 6.31. The summed E-state index contributed by atoms with van der Waals surface area (Å²) >= 11 is 12.2. The zero-order chi connectivity index (χ0) is 30.8. The molecule has 1 heterocycles. The summed E-state index contributed by atoms with van der Waals surface area (Å²) in [6.07, 6.45) is 0.353. The summed E-state index contributed by atoms with van der Waals surface area (Å²) in [5, 5.41) is 17.0. The summed E-state index contributed by atoms with van der Waals surface area (Å²) in [5.74, 6) is -3.76. The second kappa shape index (κ2) is 12.4. The van der Waals surface area contributed by atoms with Crippen molar-refractivity contribution in [3.8, 4) is 6.07 Å². The molecule has 3 aromatic carbocycles. The number of rotatable bonds is 7. The Morgan fingerprint density at radius 2 is 1.81 bits per heavy atom. The van der Waals surface area contributed by atoms with Crippen LogP contribution >= 0.6 is 23.2 Å². The highest BCUT2D eigenvalue weighted by Crippen LogP contribution is 2.52. The van der Waals surface area contributed by atoms with Crippen LogP contribution in [0, 0.1) is 28.4 Å². The Morgan fingerprint density at radius 1 is 1.10 bits per heavy atom. The molecule has 42 heavy (non-hydrogen) atoms. The maximum atomic E-state index is 15.8. The van der Waals surface area contributed by atoms with Gasteiger partial charge in [-0.2, -0.15) is 5.26 Å². The van der Waals surface area contributed by atoms with Crippen LogP contribution in [0.5, 0.6) is 0 Å². The molecule has 220 valence electrons. The second-order valence-electron chi connectivity index (χ2n) is 11.6. The first-order valence-corrected chi connectivity index (χ1v) is 14.1. The molecule has 1 saturated heterocycles. The molecule has 0 aliphatic carbocycles. The fourth-order valence-corrected chi connectivity index (χ4v) is 6.12. The Bertz CT molecular complexity index is 1550. The minimum Gasteiger partial charge on any atom is -0.465 e. The van der Waals surface area contributed by atoms with Gasteiger partial charge in [-0.05, 0) is 53.3 Å². The first kappa shape index (κ1) is 31.4. The maximum Gasteiger partial charge on any atom is 0.337 e. The molecule has 3 aromatic rings. The van der Waals surface area contributed by atoms with Crippen molar-refractivity contribution in [3.63, 3.8) is 0 Å². The Balaban J connectivity index is 1.85. The number of benzene rings is 3. The van der Waals surface area contributed by atoms with Gasteiger partial charge in [-0.15, -0.1) is 0 Å². The fraction of sp³-hybridized carbons (Fsp3) is 0.344. The zero-order valence-electron chi connectivity index (χ0n) is 23.6. The lowest BCUT2D eigenvalue weighted by molar-refractivity contribution is -0.123. The van der Waals surface area contributed by atoms with Crippen LogP contribution in [0.2, 0.25) is 10.0 Å². The van der Waals surface area contributed by atoms with Crippen molar-refractivity contribution in [2.75, 3.05) is 7.11 Å². The predicted octanol–water partition coefficient (Wildman–Crippen LogP) is 6.70. The molecule has 0 spiro atoms. The quantitative estimate of drug-likeness (QED) is 0.289. The molecule has 2 N–H and O–H groups in total. The van der Waals surface area contributed by atoms with Crippen LogP contribution in [0.3, 0.4) is 0 Å². The van der Waals surface area contributed by atoms with E-state index in [9.17, 15) is 14.9 Å². The molecule has 0 bridgehead atoms. The van der Waals surface area contributed by atoms with E-state index in [0.717, 1.165) is 6.07 Å². The van der Waals surface area contributed by atoms with E-state index >= 15 is 8.78 Å². The van der Waals surface area contributed by atoms with Gasteiger partial charge in [0.2, 0.25) is 5.91 Å². The van der Waals surface area contributed by atoms with Crippen LogP contribution in [0.25, 0.3) is 0 Å². The number of nitriles is 1. The van der Waals surface area contributed by atoms with E-state index < -0.39 is 46.9 Å². The number of nitrogens with one attached hydrogen (secondary N) is 2. The third-order valence-corrected chi connectivity index (χ3v) is 8.07. The number of esters is 1. The van der Waals surface area contributed by atoms with E-state index in [-0.39, 0.29) is 33.1 Å². The third-order valence-electron chi connectivity index (χ3n) is 7.55. The summed E-state index contributed by atoms with van der Waals surface area (Å²) in [6, 6.07) is 15.4. The summed E-state index contributed by atoms with van der Waals surface area (Å²) < 4.78 is 36.3. The van der Waals surface area contributed by atoms with Gasteiger partial charge in [0.15, 0.2) is 0 Å². The highest BCUT2D eigenvalue weighted by Gasteiger charge is 2.61. The standard InChI is InChI=1S/C32H31Cl2F2N3O3/c1-31(2,3)15-25-32(17-37,22-12-11-20(33)14-24(22)35)26(21-9-6-10-23(34)27(21)36)28(39-25)29(40)38-16-18-7-5-8-19(13-18)30(41)42-4/h5-14,25-26,28,39H,15-16H2,1-4H3,(H,38,40). The fourth-order valence-electron chi connectivity index (χ4n) is 5.78. The molecule has 0 saturated carbocycles. The number of hydrogen-bond donors (Lipinski definition) is 2. The van der Waals surface area contributed by atoms with Gasteiger partial charge >= 0.3 is 5.97 Å². The predicted molar refractivity (Wildman–Crippen MR) is 157 cm³/mol. The van der Waals surface area contributed by atoms with Gasteiger partial charge in [-0.25, -0.2) is 13.6 Å². The van der Waals surface area contributed by atoms with Crippen molar-refractivity contribution >= 4 is 35.1 Å². The van der Waals surface area contributed by atoms with E-state index in [2.05, 4.69) is 16.7 Å². The number of methoxy groups -OCH3 is 1. The Labute approximate surface area is 254 Å². The molecule has 6 nitrogen and oxygen atoms in total. The highest BCUT2D eigenvalue weighted by atomic mass is 35.5. The Kier molecular flexibility index (Phi) is 9.27. The van der Waals surface area contributed by atoms with E-state index in [4.69, 9.17) is 27.9 Å². The molecule has 1 amide bonds. The lowest BCUT2D eigenvalue weighted by atomic mass is 9.62. The molecule has 10 heteroatoms. The number of hydrogen-bond acceptors (Lipinski definition) is 5. The minimum atomic E-state index is -1.72. The normalized spacial score (nSPS) is 21.9. The van der Waals surface area contributed by atoms with Crippen molar-refractivity contribution in [3.05, 3.63) is 105 Å². The smallest absolute Gasteiger partial charge is 0.337 e. The van der Waals surface area contributed by atoms with E-state index in [1.165, 1.54) is 37.4 Å². The van der Waals surface area contributed by atoms with Crippen molar-refractivity contribution < 1.29 is 23.1 Å². The molecule has 0 aromatic heterocycles. The summed E-state index contributed by atoms with van der Waals surface area (Å²) in [4.78, 5) is 25.9. The molecule has 4 atom stereocenters. The molecule has 1 aliphatic rings. The maximum absolute atomic E-state index is 15.8.